The maximum absolute atomic E-state index is 2.52. The van der Waals surface area contributed by atoms with Gasteiger partial charge in [-0.3, -0.25) is 0 Å². The molecule has 0 aliphatic rings. The summed E-state index contributed by atoms with van der Waals surface area (Å²) in [5, 5.41) is 0. The van der Waals surface area contributed by atoms with Crippen LogP contribution in [0.4, 0.5) is 0 Å². The highest BCUT2D eigenvalue weighted by Gasteiger charge is 2.15. The molecular weight excluding hydrogens is 304 g/mol. The minimum absolute atomic E-state index is 1.20. The van der Waals surface area contributed by atoms with Crippen LogP contribution >= 0.6 is 0 Å². The largest absolute Gasteiger partial charge is 0.256 e. The molecule has 0 N–H and O–H groups in total. The molecule has 0 radical (unpaired) electrons. The predicted molar refractivity (Wildman–Crippen MR) is 110 cm³/mol. The first-order valence-corrected chi connectivity index (χ1v) is 11.4. The Morgan fingerprint density at radius 3 is 1.84 bits per heavy atom. The average Bonchev–Trinajstić information content (AvgIpc) is 3.01. The molecule has 146 valence electrons. The van der Waals surface area contributed by atoms with Gasteiger partial charge in [0.25, 0.3) is 5.82 Å². The van der Waals surface area contributed by atoms with Crippen molar-refractivity contribution >= 4 is 0 Å². The fraction of sp³-hybridized carbons (Fsp3) is 0.870. The third kappa shape index (κ3) is 10.1. The number of aryl methyl sites for hydroxylation is 2. The van der Waals surface area contributed by atoms with E-state index in [2.05, 4.69) is 42.3 Å². The van der Waals surface area contributed by atoms with Crippen LogP contribution in [-0.4, -0.2) is 4.57 Å². The number of imidazole rings is 1. The van der Waals surface area contributed by atoms with E-state index in [4.69, 9.17) is 0 Å². The fourth-order valence-electron chi connectivity index (χ4n) is 3.62. The van der Waals surface area contributed by atoms with Gasteiger partial charge >= 0.3 is 0 Å². The maximum atomic E-state index is 2.52. The molecule has 0 atom stereocenters. The molecule has 0 amide bonds. The molecule has 1 aromatic heterocycles. The van der Waals surface area contributed by atoms with E-state index in [0.717, 1.165) is 0 Å². The van der Waals surface area contributed by atoms with Gasteiger partial charge in [-0.2, -0.15) is 0 Å². The van der Waals surface area contributed by atoms with E-state index in [0.29, 0.717) is 0 Å². The van der Waals surface area contributed by atoms with E-state index >= 15 is 0 Å². The van der Waals surface area contributed by atoms with E-state index in [1.165, 1.54) is 109 Å². The van der Waals surface area contributed by atoms with Crippen molar-refractivity contribution in [1.82, 2.24) is 4.57 Å². The molecule has 0 aliphatic carbocycles. The van der Waals surface area contributed by atoms with Crippen molar-refractivity contribution in [2.75, 3.05) is 0 Å². The molecule has 1 aromatic rings. The topological polar surface area (TPSA) is 8.81 Å². The fourth-order valence-corrected chi connectivity index (χ4v) is 3.62. The van der Waals surface area contributed by atoms with Gasteiger partial charge in [0.05, 0.1) is 13.1 Å². The number of unbranched alkanes of at least 4 members (excludes halogenated alkanes) is 11. The van der Waals surface area contributed by atoms with Crippen LogP contribution in [0.15, 0.2) is 12.4 Å². The van der Waals surface area contributed by atoms with Gasteiger partial charge in [-0.05, 0) is 19.3 Å². The maximum Gasteiger partial charge on any atom is 0.256 e. The lowest BCUT2D eigenvalue weighted by Gasteiger charge is -2.06. The van der Waals surface area contributed by atoms with Crippen LogP contribution in [0.2, 0.25) is 0 Å². The van der Waals surface area contributed by atoms with Gasteiger partial charge < -0.3 is 0 Å². The highest BCUT2D eigenvalue weighted by Crippen LogP contribution is 2.12. The number of aromatic nitrogens is 2. The molecule has 1 rings (SSSR count). The first-order chi connectivity index (χ1) is 12.3. The minimum atomic E-state index is 1.20. The monoisotopic (exact) mass is 349 g/mol. The lowest BCUT2D eigenvalue weighted by atomic mass is 10.1. The van der Waals surface area contributed by atoms with Crippen LogP contribution in [0.25, 0.3) is 0 Å². The summed E-state index contributed by atoms with van der Waals surface area (Å²) in [5.41, 5.74) is 0. The summed E-state index contributed by atoms with van der Waals surface area (Å²) in [6.07, 6.45) is 25.3. The van der Waals surface area contributed by atoms with Crippen LogP contribution in [0.5, 0.6) is 0 Å². The molecule has 0 fully saturated rings. The molecule has 0 unspecified atom stereocenters. The Morgan fingerprint density at radius 2 is 1.24 bits per heavy atom. The van der Waals surface area contributed by atoms with Crippen LogP contribution < -0.4 is 4.57 Å². The van der Waals surface area contributed by atoms with Crippen LogP contribution in [0, 0.1) is 0 Å². The molecule has 2 nitrogen and oxygen atoms in total. The summed E-state index contributed by atoms with van der Waals surface area (Å²) in [6.45, 7) is 9.27. The molecule has 1 heterocycles. The summed E-state index contributed by atoms with van der Waals surface area (Å²) in [7, 11) is 0. The van der Waals surface area contributed by atoms with Crippen molar-refractivity contribution in [2.45, 2.75) is 130 Å². The van der Waals surface area contributed by atoms with Crippen molar-refractivity contribution < 1.29 is 4.57 Å². The molecule has 0 saturated carbocycles. The average molecular weight is 350 g/mol. The van der Waals surface area contributed by atoms with E-state index in [9.17, 15) is 0 Å². The van der Waals surface area contributed by atoms with Gasteiger partial charge in [-0.15, -0.1) is 0 Å². The Bertz CT molecular complexity index is 383. The van der Waals surface area contributed by atoms with Gasteiger partial charge in [0.15, 0.2) is 0 Å². The van der Waals surface area contributed by atoms with Gasteiger partial charge in [0.2, 0.25) is 0 Å². The third-order valence-electron chi connectivity index (χ3n) is 5.35. The first kappa shape index (κ1) is 22.3. The SMILES string of the molecule is CCCCCCCCCCCCc1n(CCCC)cc[n+]1CCCC. The first-order valence-electron chi connectivity index (χ1n) is 11.4. The van der Waals surface area contributed by atoms with E-state index in [1.54, 1.807) is 5.82 Å². The molecule has 0 bridgehead atoms. The Labute approximate surface area is 158 Å². The van der Waals surface area contributed by atoms with Crippen molar-refractivity contribution in [3.63, 3.8) is 0 Å². The highest BCUT2D eigenvalue weighted by molar-refractivity contribution is 4.84. The van der Waals surface area contributed by atoms with E-state index in [-0.39, 0.29) is 0 Å². The summed E-state index contributed by atoms with van der Waals surface area (Å²) in [4.78, 5) is 0. The second-order valence-corrected chi connectivity index (χ2v) is 7.74. The van der Waals surface area contributed by atoms with E-state index < -0.39 is 0 Å². The lowest BCUT2D eigenvalue weighted by molar-refractivity contribution is -0.704. The highest BCUT2D eigenvalue weighted by atomic mass is 15.1. The van der Waals surface area contributed by atoms with Gasteiger partial charge in [0.1, 0.15) is 12.4 Å². The molecule has 0 aromatic carbocycles. The van der Waals surface area contributed by atoms with Gasteiger partial charge in [-0.1, -0.05) is 91.4 Å². The molecule has 25 heavy (non-hydrogen) atoms. The summed E-state index contributed by atoms with van der Waals surface area (Å²) >= 11 is 0. The lowest BCUT2D eigenvalue weighted by Crippen LogP contribution is -2.37. The number of hydrogen-bond donors (Lipinski definition) is 0. The van der Waals surface area contributed by atoms with Crippen LogP contribution in [0.1, 0.15) is 116 Å². The third-order valence-corrected chi connectivity index (χ3v) is 5.35. The van der Waals surface area contributed by atoms with Crippen molar-refractivity contribution in [3.8, 4) is 0 Å². The van der Waals surface area contributed by atoms with Crippen LogP contribution in [0.3, 0.4) is 0 Å². The zero-order chi connectivity index (χ0) is 18.2. The number of nitrogens with zero attached hydrogens (tertiary/aromatic N) is 2. The summed E-state index contributed by atoms with van der Waals surface area (Å²) in [6, 6.07) is 0. The zero-order valence-corrected chi connectivity index (χ0v) is 17.6. The van der Waals surface area contributed by atoms with Gasteiger partial charge in [-0.25, -0.2) is 9.13 Å². The van der Waals surface area contributed by atoms with Crippen molar-refractivity contribution in [3.05, 3.63) is 18.2 Å². The molecular formula is C23H45N2+. The minimum Gasteiger partial charge on any atom is -0.234 e. The molecule has 0 aliphatic heterocycles. The molecule has 0 saturated heterocycles. The quantitative estimate of drug-likeness (QED) is 0.215. The Morgan fingerprint density at radius 1 is 0.680 bits per heavy atom. The number of hydrogen-bond acceptors (Lipinski definition) is 0. The second-order valence-electron chi connectivity index (χ2n) is 7.74. The van der Waals surface area contributed by atoms with E-state index in [1.807, 2.05) is 0 Å². The second kappa shape index (κ2) is 15.5. The van der Waals surface area contributed by atoms with Crippen molar-refractivity contribution in [1.29, 1.82) is 0 Å². The summed E-state index contributed by atoms with van der Waals surface area (Å²) < 4.78 is 5.04. The standard InChI is InChI=1S/C23H45N2/c1-4-7-10-11-12-13-14-15-16-17-18-23-24(19-8-5-2)21-22-25(23)20-9-6-3/h21-22H,4-20H2,1-3H3/q+1. The van der Waals surface area contributed by atoms with Crippen molar-refractivity contribution in [2.24, 2.45) is 0 Å². The predicted octanol–water partition coefficient (Wildman–Crippen LogP) is 6.84. The Hall–Kier alpha value is -0.790. The molecule has 0 spiro atoms. The number of rotatable bonds is 17. The smallest absolute Gasteiger partial charge is 0.234 e. The Balaban J connectivity index is 2.24. The molecule has 2 heteroatoms. The zero-order valence-electron chi connectivity index (χ0n) is 17.6. The van der Waals surface area contributed by atoms with Gasteiger partial charge in [0, 0.05) is 6.42 Å². The summed E-state index contributed by atoms with van der Waals surface area (Å²) in [5.74, 6) is 1.57. The van der Waals surface area contributed by atoms with Crippen LogP contribution in [-0.2, 0) is 19.5 Å². The normalized spacial score (nSPS) is 11.3. The Kier molecular flexibility index (Phi) is 13.8.